The fourth-order valence-corrected chi connectivity index (χ4v) is 3.75. The van der Waals surface area contributed by atoms with Crippen LogP contribution in [0.2, 0.25) is 5.15 Å². The zero-order valence-corrected chi connectivity index (χ0v) is 11.7. The van der Waals surface area contributed by atoms with E-state index in [0.29, 0.717) is 5.15 Å². The monoisotopic (exact) mass is 266 g/mol. The summed E-state index contributed by atoms with van der Waals surface area (Å²) < 4.78 is 0. The lowest BCUT2D eigenvalue weighted by atomic mass is 10.1. The van der Waals surface area contributed by atoms with Gasteiger partial charge in [0.1, 0.15) is 15.8 Å². The zero-order valence-electron chi connectivity index (χ0n) is 10.1. The first-order valence-corrected chi connectivity index (χ1v) is 7.33. The molecule has 0 amide bonds. The van der Waals surface area contributed by atoms with Crippen LogP contribution in [0, 0.1) is 12.8 Å². The maximum Gasteiger partial charge on any atom is 0.141 e. The Hall–Kier alpha value is -0.670. The topological polar surface area (TPSA) is 25.8 Å². The maximum atomic E-state index is 6.32. The Bertz CT molecular complexity index is 572. The lowest BCUT2D eigenvalue weighted by molar-refractivity contribution is 0.777. The van der Waals surface area contributed by atoms with E-state index in [1.54, 1.807) is 11.3 Å². The predicted octanol–water partition coefficient (Wildman–Crippen LogP) is 4.17. The number of nitrogens with zero attached hydrogens (tertiary/aromatic N) is 2. The predicted molar refractivity (Wildman–Crippen MR) is 73.0 cm³/mol. The summed E-state index contributed by atoms with van der Waals surface area (Å²) in [6.07, 6.45) is 4.64. The summed E-state index contributed by atoms with van der Waals surface area (Å²) in [5, 5.41) is 1.73. The summed E-state index contributed by atoms with van der Waals surface area (Å²) in [6, 6.07) is 0. The van der Waals surface area contributed by atoms with Gasteiger partial charge in [-0.25, -0.2) is 9.97 Å². The third-order valence-electron chi connectivity index (χ3n) is 3.38. The first kappa shape index (κ1) is 11.4. The molecule has 1 fully saturated rings. The minimum absolute atomic E-state index is 0.645. The van der Waals surface area contributed by atoms with Crippen molar-refractivity contribution in [1.29, 1.82) is 0 Å². The van der Waals surface area contributed by atoms with E-state index in [-0.39, 0.29) is 0 Å². The van der Waals surface area contributed by atoms with Gasteiger partial charge in [-0.3, -0.25) is 0 Å². The van der Waals surface area contributed by atoms with Crippen LogP contribution < -0.4 is 0 Å². The second-order valence-electron chi connectivity index (χ2n) is 4.75. The Morgan fingerprint density at radius 2 is 2.12 bits per heavy atom. The van der Waals surface area contributed by atoms with Gasteiger partial charge in [0, 0.05) is 11.3 Å². The van der Waals surface area contributed by atoms with Gasteiger partial charge in [0.05, 0.1) is 5.39 Å². The van der Waals surface area contributed by atoms with Crippen LogP contribution in [0.3, 0.4) is 0 Å². The Balaban J connectivity index is 2.12. The summed E-state index contributed by atoms with van der Waals surface area (Å²) in [6.45, 7) is 4.30. The van der Waals surface area contributed by atoms with E-state index in [0.717, 1.165) is 34.8 Å². The van der Waals surface area contributed by atoms with Crippen molar-refractivity contribution in [2.75, 3.05) is 0 Å². The number of hydrogen-bond donors (Lipinski definition) is 0. The summed E-state index contributed by atoms with van der Waals surface area (Å²) in [7, 11) is 0. The molecule has 17 heavy (non-hydrogen) atoms. The number of rotatable bonds is 3. The molecule has 0 unspecified atom stereocenters. The first-order valence-electron chi connectivity index (χ1n) is 6.13. The molecule has 0 aromatic carbocycles. The van der Waals surface area contributed by atoms with E-state index in [2.05, 4.69) is 23.8 Å². The van der Waals surface area contributed by atoms with E-state index < -0.39 is 0 Å². The molecule has 0 saturated heterocycles. The van der Waals surface area contributed by atoms with Crippen LogP contribution in [0.15, 0.2) is 0 Å². The molecular formula is C13H15ClN2S. The Labute approximate surface area is 110 Å². The van der Waals surface area contributed by atoms with Crippen LogP contribution in [0.5, 0.6) is 0 Å². The largest absolute Gasteiger partial charge is 0.222 e. The van der Waals surface area contributed by atoms with Gasteiger partial charge in [-0.05, 0) is 37.7 Å². The Morgan fingerprint density at radius 1 is 1.35 bits per heavy atom. The maximum absolute atomic E-state index is 6.32. The van der Waals surface area contributed by atoms with E-state index in [9.17, 15) is 0 Å². The highest BCUT2D eigenvalue weighted by molar-refractivity contribution is 7.18. The molecule has 4 heteroatoms. The van der Waals surface area contributed by atoms with Crippen molar-refractivity contribution in [3.05, 3.63) is 21.4 Å². The van der Waals surface area contributed by atoms with Crippen LogP contribution in [-0.2, 0) is 12.8 Å². The lowest BCUT2D eigenvalue weighted by Gasteiger charge is -2.02. The highest BCUT2D eigenvalue weighted by atomic mass is 35.5. The highest BCUT2D eigenvalue weighted by Crippen LogP contribution is 2.36. The van der Waals surface area contributed by atoms with E-state index >= 15 is 0 Å². The van der Waals surface area contributed by atoms with Crippen LogP contribution >= 0.6 is 22.9 Å². The second-order valence-corrected chi connectivity index (χ2v) is 6.31. The number of fused-ring (bicyclic) bond motifs is 1. The SMILES string of the molecule is CCc1c(C)sc2nc(CC3CC3)nc(Cl)c12. The van der Waals surface area contributed by atoms with E-state index in [4.69, 9.17) is 11.6 Å². The fraction of sp³-hybridized carbons (Fsp3) is 0.538. The summed E-state index contributed by atoms with van der Waals surface area (Å²) in [5.41, 5.74) is 1.31. The molecule has 2 aromatic rings. The van der Waals surface area contributed by atoms with E-state index in [1.807, 2.05) is 0 Å². The molecule has 2 nitrogen and oxygen atoms in total. The van der Waals surface area contributed by atoms with Crippen LogP contribution in [0.25, 0.3) is 10.2 Å². The van der Waals surface area contributed by atoms with Crippen molar-refractivity contribution in [2.45, 2.75) is 39.5 Å². The van der Waals surface area contributed by atoms with Gasteiger partial charge in [0.2, 0.25) is 0 Å². The molecule has 0 radical (unpaired) electrons. The van der Waals surface area contributed by atoms with Crippen molar-refractivity contribution >= 4 is 33.2 Å². The molecule has 1 aliphatic rings. The molecule has 0 bridgehead atoms. The zero-order chi connectivity index (χ0) is 12.0. The van der Waals surface area contributed by atoms with Gasteiger partial charge >= 0.3 is 0 Å². The lowest BCUT2D eigenvalue weighted by Crippen LogP contribution is -1.97. The third kappa shape index (κ3) is 2.06. The molecule has 3 rings (SSSR count). The Morgan fingerprint density at radius 3 is 2.76 bits per heavy atom. The second kappa shape index (κ2) is 4.21. The van der Waals surface area contributed by atoms with E-state index in [1.165, 1.54) is 23.3 Å². The normalized spacial score (nSPS) is 15.7. The molecule has 2 heterocycles. The molecule has 2 aromatic heterocycles. The van der Waals surface area contributed by atoms with Crippen molar-refractivity contribution in [1.82, 2.24) is 9.97 Å². The summed E-state index contributed by atoms with van der Waals surface area (Å²) >= 11 is 8.06. The molecule has 1 aliphatic carbocycles. The van der Waals surface area contributed by atoms with Crippen LogP contribution in [-0.4, -0.2) is 9.97 Å². The van der Waals surface area contributed by atoms with Gasteiger partial charge in [-0.2, -0.15) is 0 Å². The number of aromatic nitrogens is 2. The van der Waals surface area contributed by atoms with Crippen LogP contribution in [0.1, 0.15) is 36.0 Å². The molecule has 1 saturated carbocycles. The quantitative estimate of drug-likeness (QED) is 0.780. The minimum atomic E-state index is 0.645. The number of hydrogen-bond acceptors (Lipinski definition) is 3. The molecule has 0 atom stereocenters. The van der Waals surface area contributed by atoms with Gasteiger partial charge < -0.3 is 0 Å². The fourth-order valence-electron chi connectivity index (χ4n) is 2.26. The van der Waals surface area contributed by atoms with Gasteiger partial charge in [0.15, 0.2) is 0 Å². The molecule has 0 spiro atoms. The van der Waals surface area contributed by atoms with Gasteiger partial charge in [0.25, 0.3) is 0 Å². The Kier molecular flexibility index (Phi) is 2.83. The summed E-state index contributed by atoms with van der Waals surface area (Å²) in [4.78, 5) is 11.5. The number of aryl methyl sites for hydroxylation is 2. The van der Waals surface area contributed by atoms with Crippen molar-refractivity contribution in [3.8, 4) is 0 Å². The van der Waals surface area contributed by atoms with Crippen molar-refractivity contribution < 1.29 is 0 Å². The average molecular weight is 267 g/mol. The van der Waals surface area contributed by atoms with Crippen LogP contribution in [0.4, 0.5) is 0 Å². The number of halogens is 1. The smallest absolute Gasteiger partial charge is 0.141 e. The average Bonchev–Trinajstić information content (AvgIpc) is 3.00. The van der Waals surface area contributed by atoms with Crippen molar-refractivity contribution in [3.63, 3.8) is 0 Å². The number of thiophene rings is 1. The van der Waals surface area contributed by atoms with Gasteiger partial charge in [-0.1, -0.05) is 18.5 Å². The molecule has 0 N–H and O–H groups in total. The standard InChI is InChI=1S/C13H15ClN2S/c1-3-9-7(2)17-13-11(9)12(14)15-10(16-13)6-8-4-5-8/h8H,3-6H2,1-2H3. The third-order valence-corrected chi connectivity index (χ3v) is 4.69. The molecule has 90 valence electrons. The first-order chi connectivity index (χ1) is 8.19. The summed E-state index contributed by atoms with van der Waals surface area (Å²) in [5.74, 6) is 1.73. The molecular weight excluding hydrogens is 252 g/mol. The molecule has 0 aliphatic heterocycles. The minimum Gasteiger partial charge on any atom is -0.222 e. The highest BCUT2D eigenvalue weighted by Gasteiger charge is 2.24. The van der Waals surface area contributed by atoms with Gasteiger partial charge in [-0.15, -0.1) is 11.3 Å². The van der Waals surface area contributed by atoms with Crippen molar-refractivity contribution in [2.24, 2.45) is 5.92 Å².